The molecule has 3 nitrogen and oxygen atoms in total. The van der Waals surface area contributed by atoms with Crippen molar-refractivity contribution >= 4 is 13.4 Å². The molecule has 8 atom stereocenters. The van der Waals surface area contributed by atoms with Gasteiger partial charge in [-0.2, -0.15) is 0 Å². The molecule has 0 saturated heterocycles. The number of fused-ring (bicyclic) bond motifs is 3. The second-order valence-electron chi connectivity index (χ2n) is 14.8. The minimum Gasteiger partial charge on any atom is -0.420 e. The van der Waals surface area contributed by atoms with E-state index in [1.807, 2.05) is 0 Å². The van der Waals surface area contributed by atoms with E-state index in [1.54, 1.807) is 5.57 Å². The Kier molecular flexibility index (Phi) is 4.97. The first-order valence-corrected chi connectivity index (χ1v) is 16.1. The van der Waals surface area contributed by atoms with Gasteiger partial charge in [0.05, 0.1) is 13.3 Å². The smallest absolute Gasteiger partial charge is 0.243 e. The van der Waals surface area contributed by atoms with Gasteiger partial charge in [-0.15, -0.1) is 10.2 Å². The summed E-state index contributed by atoms with van der Waals surface area (Å²) in [6.45, 7) is 9.62. The van der Waals surface area contributed by atoms with Crippen LogP contribution in [0.15, 0.2) is 33.3 Å². The first kappa shape index (κ1) is 24.2. The minimum atomic E-state index is -0.247. The zero-order valence-corrected chi connectivity index (χ0v) is 24.1. The number of hydrogen-bond acceptors (Lipinski definition) is 3. The first-order chi connectivity index (χ1) is 18.3. The topological polar surface area (TPSA) is 38.9 Å². The summed E-state index contributed by atoms with van der Waals surface area (Å²) in [6, 6.07) is 0. The Labute approximate surface area is 230 Å². The van der Waals surface area contributed by atoms with Crippen molar-refractivity contribution in [2.75, 3.05) is 0 Å². The second-order valence-corrected chi connectivity index (χ2v) is 14.8. The van der Waals surface area contributed by atoms with Gasteiger partial charge in [0.1, 0.15) is 0 Å². The first-order valence-electron chi connectivity index (χ1n) is 16.1. The number of rotatable bonds is 4. The van der Waals surface area contributed by atoms with Gasteiger partial charge in [0.2, 0.25) is 11.8 Å². The van der Waals surface area contributed by atoms with E-state index >= 15 is 0 Å². The molecule has 7 aliphatic carbocycles. The third-order valence-electron chi connectivity index (χ3n) is 13.4. The molecule has 5 saturated carbocycles. The van der Waals surface area contributed by atoms with Gasteiger partial charge < -0.3 is 4.42 Å². The van der Waals surface area contributed by atoms with E-state index < -0.39 is 0 Å². The molecule has 200 valence electrons. The fourth-order valence-corrected chi connectivity index (χ4v) is 12.6. The molecule has 5 fully saturated rings. The van der Waals surface area contributed by atoms with Crippen LogP contribution in [0.1, 0.15) is 123 Å². The van der Waals surface area contributed by atoms with E-state index in [0.717, 1.165) is 68.1 Å². The maximum Gasteiger partial charge on any atom is 0.243 e. The van der Waals surface area contributed by atoms with Crippen molar-refractivity contribution in [1.82, 2.24) is 10.2 Å². The Bertz CT molecular complexity index is 1290. The highest BCUT2D eigenvalue weighted by atomic mass is 16.4. The zero-order valence-electron chi connectivity index (χ0n) is 24.1. The van der Waals surface area contributed by atoms with Crippen LogP contribution >= 0.6 is 0 Å². The Morgan fingerprint density at radius 2 is 1.87 bits per heavy atom. The number of aromatic nitrogens is 2. The van der Waals surface area contributed by atoms with Crippen LogP contribution < -0.4 is 0 Å². The van der Waals surface area contributed by atoms with Gasteiger partial charge in [0, 0.05) is 5.57 Å². The molecule has 0 bridgehead atoms. The molecule has 1 heterocycles. The lowest BCUT2D eigenvalue weighted by atomic mass is 9.40. The fourth-order valence-electron chi connectivity index (χ4n) is 12.6. The number of allylic oxidation sites excluding steroid dienone is 6. The second kappa shape index (κ2) is 7.79. The van der Waals surface area contributed by atoms with Gasteiger partial charge in [0.25, 0.3) is 0 Å². The number of hydrogen-bond donors (Lipinski definition) is 0. The van der Waals surface area contributed by atoms with Crippen LogP contribution in [0.4, 0.5) is 0 Å². The van der Waals surface area contributed by atoms with Crippen LogP contribution in [0.3, 0.4) is 0 Å². The van der Waals surface area contributed by atoms with Gasteiger partial charge in [-0.05, 0) is 134 Å². The lowest BCUT2D eigenvalue weighted by molar-refractivity contribution is 0.0935. The van der Waals surface area contributed by atoms with Crippen LogP contribution in [-0.2, 0) is 5.41 Å². The largest absolute Gasteiger partial charge is 0.420 e. The maximum absolute atomic E-state index is 7.98. The molecule has 38 heavy (non-hydrogen) atoms. The van der Waals surface area contributed by atoms with Gasteiger partial charge in [-0.25, -0.2) is 0 Å². The van der Waals surface area contributed by atoms with E-state index in [1.165, 1.54) is 61.7 Å². The van der Waals surface area contributed by atoms with Gasteiger partial charge >= 0.3 is 0 Å². The summed E-state index contributed by atoms with van der Waals surface area (Å²) >= 11 is 0. The van der Waals surface area contributed by atoms with Crippen LogP contribution in [0.25, 0.3) is 5.57 Å². The molecule has 2 spiro atoms. The molecule has 0 aromatic carbocycles. The summed E-state index contributed by atoms with van der Waals surface area (Å²) in [7, 11) is 7.98. The molecule has 4 heteroatoms. The summed E-state index contributed by atoms with van der Waals surface area (Å²) in [4.78, 5) is 0. The van der Waals surface area contributed by atoms with E-state index in [0.29, 0.717) is 22.7 Å². The quantitative estimate of drug-likeness (QED) is 0.383. The summed E-state index contributed by atoms with van der Waals surface area (Å²) in [5.41, 5.74) is 6.76. The molecule has 8 rings (SSSR count). The fraction of sp³-hybridized carbons (Fsp3) is 0.765. The monoisotopic (exact) mass is 508 g/mol. The summed E-state index contributed by atoms with van der Waals surface area (Å²) in [6.07, 6.45) is 20.9. The van der Waals surface area contributed by atoms with Crippen molar-refractivity contribution < 1.29 is 4.42 Å². The molecule has 8 unspecified atom stereocenters. The van der Waals surface area contributed by atoms with Crippen molar-refractivity contribution in [3.63, 3.8) is 0 Å². The van der Waals surface area contributed by atoms with Crippen LogP contribution in [0.5, 0.6) is 0 Å². The van der Waals surface area contributed by atoms with Crippen molar-refractivity contribution in [3.8, 4) is 0 Å². The third-order valence-corrected chi connectivity index (χ3v) is 13.4. The van der Waals surface area contributed by atoms with Crippen LogP contribution in [0.2, 0.25) is 5.31 Å². The molecule has 0 aliphatic heterocycles. The SMILES string of the molecule is [B]C12CCC3C45CCC(C)C4CCC35C1CCC1(c3nnc(C4=CCCC4)o3)C/C(=C/CC)C(C(C)C)=C12. The molecule has 0 amide bonds. The van der Waals surface area contributed by atoms with Gasteiger partial charge in [-0.3, -0.25) is 0 Å². The van der Waals surface area contributed by atoms with E-state index in [4.69, 9.17) is 17.4 Å². The van der Waals surface area contributed by atoms with Crippen molar-refractivity contribution in [3.05, 3.63) is 40.7 Å². The molecule has 1 aromatic rings. The highest BCUT2D eigenvalue weighted by Gasteiger charge is 2.87. The number of nitrogens with zero attached hydrogens (tertiary/aromatic N) is 2. The van der Waals surface area contributed by atoms with Crippen molar-refractivity contribution in [1.29, 1.82) is 0 Å². The molecule has 2 radical (unpaired) electrons. The third kappa shape index (κ3) is 2.61. The predicted octanol–water partition coefficient (Wildman–Crippen LogP) is 8.54. The van der Waals surface area contributed by atoms with Crippen LogP contribution in [0, 0.1) is 40.4 Å². The normalized spacial score (nSPS) is 47.7. The zero-order chi connectivity index (χ0) is 26.1. The van der Waals surface area contributed by atoms with E-state index in [9.17, 15) is 0 Å². The maximum atomic E-state index is 7.98. The minimum absolute atomic E-state index is 0.219. The Morgan fingerprint density at radius 1 is 1.05 bits per heavy atom. The molecule has 0 N–H and O–H groups in total. The van der Waals surface area contributed by atoms with Crippen LogP contribution in [-0.4, -0.2) is 18.0 Å². The van der Waals surface area contributed by atoms with E-state index in [2.05, 4.69) is 44.9 Å². The molecular weight excluding hydrogens is 463 g/mol. The van der Waals surface area contributed by atoms with Gasteiger partial charge in [0.15, 0.2) is 0 Å². The summed E-state index contributed by atoms with van der Waals surface area (Å²) < 4.78 is 6.69. The lowest BCUT2D eigenvalue weighted by Gasteiger charge is -2.56. The molecular formula is C34H45BN2O. The highest BCUT2D eigenvalue weighted by molar-refractivity contribution is 6.18. The summed E-state index contributed by atoms with van der Waals surface area (Å²) in [5, 5.41) is 9.26. The Morgan fingerprint density at radius 3 is 2.63 bits per heavy atom. The Balaban J connectivity index is 1.29. The molecule has 7 aliphatic rings. The lowest BCUT2D eigenvalue weighted by Crippen LogP contribution is -2.48. The summed E-state index contributed by atoms with van der Waals surface area (Å²) in [5.74, 6) is 5.50. The van der Waals surface area contributed by atoms with Crippen molar-refractivity contribution in [2.24, 2.45) is 40.4 Å². The average Bonchev–Trinajstić information content (AvgIpc) is 3.58. The predicted molar refractivity (Wildman–Crippen MR) is 153 cm³/mol. The van der Waals surface area contributed by atoms with Crippen molar-refractivity contribution in [2.45, 2.75) is 122 Å². The average molecular weight is 509 g/mol. The van der Waals surface area contributed by atoms with E-state index in [-0.39, 0.29) is 10.7 Å². The molecule has 1 aromatic heterocycles. The highest BCUT2D eigenvalue weighted by Crippen LogP contribution is 2.94. The standard InChI is InChI=1S/C34H45BN2O/c1-5-8-23-19-31(30-37-36-29(38-30)22-9-6-7-10-22)15-13-26-33-17-12-24-21(4)11-16-32(24,33)25(33)14-18-34(26,35)28(31)27(23)20(2)3/h8-9,20-21,24-26H,5-7,10-19H2,1-4H3/b23-8-. The van der Waals surface area contributed by atoms with Gasteiger partial charge in [-0.1, -0.05) is 51.8 Å². The Hall–Kier alpha value is -1.58.